The highest BCUT2D eigenvalue weighted by molar-refractivity contribution is 6.99. The number of unbranched alkanes of at least 4 members (excludes halogenated alkanes) is 11. The zero-order valence-electron chi connectivity index (χ0n) is 26.3. The summed E-state index contributed by atoms with van der Waals surface area (Å²) in [6.07, 6.45) is 25.9. The molecule has 236 valence electrons. The molecule has 8 heteroatoms. The van der Waals surface area contributed by atoms with E-state index in [-0.39, 0.29) is 36.2 Å². The van der Waals surface area contributed by atoms with Crippen LogP contribution in [0.1, 0.15) is 148 Å². The lowest BCUT2D eigenvalue weighted by Crippen LogP contribution is -3.00. The normalized spacial score (nSPS) is 20.2. The van der Waals surface area contributed by atoms with Crippen molar-refractivity contribution in [3.63, 3.8) is 0 Å². The van der Waals surface area contributed by atoms with Crippen LogP contribution in [0.2, 0.25) is 0 Å². The van der Waals surface area contributed by atoms with E-state index < -0.39 is 0 Å². The van der Waals surface area contributed by atoms with Crippen LogP contribution in [0, 0.1) is 5.92 Å². The number of hydrogen-bond donors (Lipinski definition) is 0. The van der Waals surface area contributed by atoms with Gasteiger partial charge in [-0.25, -0.2) is 0 Å². The van der Waals surface area contributed by atoms with Gasteiger partial charge in [-0.3, -0.25) is 9.28 Å². The number of carbonyl (C=O) groups excluding carboxylic acids is 1. The number of aromatic nitrogens is 2. The SMILES string of the molecule is CCCCCCCCCCCC(=O)OC(C1CCCCC1)[N+]1(C)CCC=C(c2nsnc2OCCCCCC)C1.[I-]. The molecule has 41 heavy (non-hydrogen) atoms. The minimum absolute atomic E-state index is 0. The molecule has 1 aliphatic carbocycles. The maximum atomic E-state index is 13.2. The summed E-state index contributed by atoms with van der Waals surface area (Å²) >= 11 is 1.24. The predicted molar refractivity (Wildman–Crippen MR) is 166 cm³/mol. The first-order chi connectivity index (χ1) is 19.6. The van der Waals surface area contributed by atoms with Crippen LogP contribution in [0.3, 0.4) is 0 Å². The molecular formula is C33H58IN3O3S. The fourth-order valence-electron chi connectivity index (χ4n) is 6.55. The number of carbonyl (C=O) groups is 1. The molecule has 2 heterocycles. The van der Waals surface area contributed by atoms with Crippen molar-refractivity contribution in [2.24, 2.45) is 5.92 Å². The van der Waals surface area contributed by atoms with Gasteiger partial charge in [-0.05, 0) is 25.7 Å². The van der Waals surface area contributed by atoms with Crippen molar-refractivity contribution in [3.05, 3.63) is 11.8 Å². The topological polar surface area (TPSA) is 61.3 Å². The Morgan fingerprint density at radius 2 is 1.56 bits per heavy atom. The maximum Gasteiger partial charge on any atom is 0.310 e. The molecule has 2 unspecified atom stereocenters. The van der Waals surface area contributed by atoms with Crippen molar-refractivity contribution in [1.29, 1.82) is 0 Å². The second-order valence-electron chi connectivity index (χ2n) is 12.6. The third kappa shape index (κ3) is 12.8. The standard InChI is InChI=1S/C33H58N3O3S.HI/c1-4-6-8-10-11-12-13-14-18-24-30(37)39-33(28-21-16-15-17-22-28)36(3)25-20-23-29(27-36)31-32(35-40-34-31)38-26-19-9-7-5-2;/h23,28,33H,4-22,24-27H2,1-3H3;1H/q+1;/p-1. The van der Waals surface area contributed by atoms with Gasteiger partial charge in [0.15, 0.2) is 0 Å². The van der Waals surface area contributed by atoms with E-state index in [1.807, 2.05) is 0 Å². The Labute approximate surface area is 272 Å². The Hall–Kier alpha value is -0.740. The van der Waals surface area contributed by atoms with Crippen molar-refractivity contribution in [1.82, 2.24) is 8.75 Å². The lowest BCUT2D eigenvalue weighted by atomic mass is 9.86. The Kier molecular flexibility index (Phi) is 18.7. The largest absolute Gasteiger partial charge is 1.00 e. The van der Waals surface area contributed by atoms with Gasteiger partial charge in [0.1, 0.15) is 12.2 Å². The van der Waals surface area contributed by atoms with E-state index >= 15 is 0 Å². The molecule has 6 nitrogen and oxygen atoms in total. The first-order valence-corrected chi connectivity index (χ1v) is 17.5. The lowest BCUT2D eigenvalue weighted by molar-refractivity contribution is -0.951. The molecule has 1 aromatic heterocycles. The summed E-state index contributed by atoms with van der Waals surface area (Å²) in [4.78, 5) is 13.2. The van der Waals surface area contributed by atoms with Crippen LogP contribution in [0.4, 0.5) is 0 Å². The summed E-state index contributed by atoms with van der Waals surface area (Å²) in [7, 11) is 2.29. The van der Waals surface area contributed by atoms with E-state index in [0.29, 0.717) is 24.8 Å². The Morgan fingerprint density at radius 3 is 2.24 bits per heavy atom. The third-order valence-electron chi connectivity index (χ3n) is 8.97. The van der Waals surface area contributed by atoms with Gasteiger partial charge in [0, 0.05) is 24.3 Å². The average molecular weight is 704 g/mol. The molecule has 3 rings (SSSR count). The molecule has 2 atom stereocenters. The fraction of sp³-hybridized carbons (Fsp3) is 0.848. The molecule has 0 radical (unpaired) electrons. The molecule has 1 aliphatic heterocycles. The summed E-state index contributed by atoms with van der Waals surface area (Å²) in [5.41, 5.74) is 2.09. The van der Waals surface area contributed by atoms with Crippen molar-refractivity contribution in [3.8, 4) is 5.88 Å². The minimum atomic E-state index is -0.0833. The van der Waals surface area contributed by atoms with Gasteiger partial charge in [-0.2, -0.15) is 4.37 Å². The highest BCUT2D eigenvalue weighted by Gasteiger charge is 2.44. The number of nitrogens with zero attached hydrogens (tertiary/aromatic N) is 3. The van der Waals surface area contributed by atoms with Crippen molar-refractivity contribution in [2.45, 2.75) is 148 Å². The van der Waals surface area contributed by atoms with Gasteiger partial charge in [-0.15, -0.1) is 4.37 Å². The molecule has 0 aromatic carbocycles. The zero-order valence-corrected chi connectivity index (χ0v) is 29.3. The summed E-state index contributed by atoms with van der Waals surface area (Å²) in [6.45, 7) is 6.98. The summed E-state index contributed by atoms with van der Waals surface area (Å²) in [5.74, 6) is 1.12. The predicted octanol–water partition coefficient (Wildman–Crippen LogP) is 6.11. The molecule has 0 N–H and O–H groups in total. The molecule has 0 spiro atoms. The van der Waals surface area contributed by atoms with E-state index in [9.17, 15) is 4.79 Å². The monoisotopic (exact) mass is 703 g/mol. The van der Waals surface area contributed by atoms with Gasteiger partial charge in [0.25, 0.3) is 5.88 Å². The van der Waals surface area contributed by atoms with Crippen LogP contribution < -0.4 is 28.7 Å². The first kappa shape index (κ1) is 36.5. The number of halogens is 1. The fourth-order valence-corrected chi connectivity index (χ4v) is 7.08. The zero-order chi connectivity index (χ0) is 28.5. The van der Waals surface area contributed by atoms with Crippen LogP contribution >= 0.6 is 11.7 Å². The van der Waals surface area contributed by atoms with E-state index in [0.717, 1.165) is 61.8 Å². The molecule has 1 fully saturated rings. The molecule has 1 aromatic rings. The van der Waals surface area contributed by atoms with E-state index in [1.54, 1.807) is 0 Å². The number of hydrogen-bond acceptors (Lipinski definition) is 6. The number of rotatable bonds is 20. The van der Waals surface area contributed by atoms with Gasteiger partial charge in [-0.1, -0.05) is 110 Å². The second-order valence-corrected chi connectivity index (χ2v) is 13.1. The Morgan fingerprint density at radius 1 is 0.927 bits per heavy atom. The van der Waals surface area contributed by atoms with Crippen molar-refractivity contribution < 1.29 is 42.7 Å². The van der Waals surface area contributed by atoms with Crippen LogP contribution in [-0.4, -0.2) is 52.2 Å². The van der Waals surface area contributed by atoms with Crippen LogP contribution in [0.15, 0.2) is 6.08 Å². The summed E-state index contributed by atoms with van der Waals surface area (Å²) in [6, 6.07) is 0. The van der Waals surface area contributed by atoms with Gasteiger partial charge in [0.05, 0.1) is 31.9 Å². The van der Waals surface area contributed by atoms with E-state index in [1.165, 1.54) is 101 Å². The quantitative estimate of drug-likeness (QED) is 0.0711. The molecule has 0 saturated heterocycles. The average Bonchev–Trinajstić information content (AvgIpc) is 3.44. The number of quaternary nitrogens is 1. The Bertz CT molecular complexity index is 874. The van der Waals surface area contributed by atoms with Gasteiger partial charge >= 0.3 is 5.97 Å². The first-order valence-electron chi connectivity index (χ1n) is 16.8. The second kappa shape index (κ2) is 21.0. The Balaban J connectivity index is 0.00000588. The van der Waals surface area contributed by atoms with Gasteiger partial charge < -0.3 is 33.5 Å². The molecule has 1 saturated carbocycles. The van der Waals surface area contributed by atoms with E-state index in [2.05, 4.69) is 35.7 Å². The highest BCUT2D eigenvalue weighted by atomic mass is 127. The minimum Gasteiger partial charge on any atom is -1.00 e. The maximum absolute atomic E-state index is 13.2. The van der Waals surface area contributed by atoms with Crippen molar-refractivity contribution in [2.75, 3.05) is 26.7 Å². The highest BCUT2D eigenvalue weighted by Crippen LogP contribution is 2.37. The third-order valence-corrected chi connectivity index (χ3v) is 9.48. The van der Waals surface area contributed by atoms with Crippen LogP contribution in [0.25, 0.3) is 5.57 Å². The van der Waals surface area contributed by atoms with Gasteiger partial charge in [0.2, 0.25) is 6.23 Å². The molecule has 0 amide bonds. The smallest absolute Gasteiger partial charge is 0.310 e. The number of likely N-dealkylation sites (N-methyl/N-ethyl adjacent to an activating group) is 1. The summed E-state index contributed by atoms with van der Waals surface area (Å²) in [5, 5.41) is 0. The number of esters is 1. The lowest BCUT2D eigenvalue weighted by Gasteiger charge is -2.46. The number of ether oxygens (including phenoxy) is 2. The van der Waals surface area contributed by atoms with Crippen molar-refractivity contribution >= 4 is 23.3 Å². The van der Waals surface area contributed by atoms with Crippen LogP contribution in [0.5, 0.6) is 5.88 Å². The molecule has 0 bridgehead atoms. The molecule has 2 aliphatic rings. The summed E-state index contributed by atoms with van der Waals surface area (Å²) < 4.78 is 22.4. The molecular weight excluding hydrogens is 645 g/mol. The van der Waals surface area contributed by atoms with E-state index in [4.69, 9.17) is 9.47 Å². The van der Waals surface area contributed by atoms with Crippen LogP contribution in [-0.2, 0) is 9.53 Å².